The van der Waals surface area contributed by atoms with Crippen LogP contribution in [-0.2, 0) is 33.9 Å². The van der Waals surface area contributed by atoms with Gasteiger partial charge in [-0.25, -0.2) is 4.79 Å². The molecule has 1 atom stereocenters. The summed E-state index contributed by atoms with van der Waals surface area (Å²) in [7, 11) is 0. The molecule has 3 rings (SSSR count). The molecule has 0 saturated carbocycles. The molecule has 7 nitrogen and oxygen atoms in total. The van der Waals surface area contributed by atoms with Crippen LogP contribution in [-0.4, -0.2) is 28.7 Å². The molecule has 0 heterocycles. The second kappa shape index (κ2) is 10.5. The topological polar surface area (TPSA) is 108 Å². The molecule has 0 aliphatic heterocycles. The van der Waals surface area contributed by atoms with Crippen LogP contribution in [0.1, 0.15) is 37.5 Å². The molecule has 0 spiro atoms. The molecule has 3 aromatic rings. The van der Waals surface area contributed by atoms with Crippen LogP contribution >= 0.6 is 0 Å². The van der Waals surface area contributed by atoms with Crippen LogP contribution in [0.5, 0.6) is 0 Å². The van der Waals surface area contributed by atoms with E-state index in [-0.39, 0.29) is 13.0 Å². The number of amides is 2. The van der Waals surface area contributed by atoms with Crippen LogP contribution in [0.2, 0.25) is 0 Å². The molecule has 0 bridgehead atoms. The van der Waals surface area contributed by atoms with E-state index < -0.39 is 23.6 Å². The summed E-state index contributed by atoms with van der Waals surface area (Å²) in [5.41, 5.74) is 13.2. The standard InChI is InChI=1S/C26H31N3O4/c1-26(2,3)33-25(31)29(32-17-19-10-8-18(16-27)9-11-19)23(24(28)30)15-20-12-13-21-6-4-5-7-22(21)14-20/h4-14,23H,15-17,27H2,1-3H3,(H2,28,30). The summed E-state index contributed by atoms with van der Waals surface area (Å²) in [5, 5.41) is 3.07. The summed E-state index contributed by atoms with van der Waals surface area (Å²) in [6.07, 6.45) is -0.586. The van der Waals surface area contributed by atoms with Crippen molar-refractivity contribution in [2.75, 3.05) is 0 Å². The van der Waals surface area contributed by atoms with Crippen LogP contribution in [0.25, 0.3) is 10.8 Å². The fraction of sp³-hybridized carbons (Fsp3) is 0.308. The van der Waals surface area contributed by atoms with Crippen molar-refractivity contribution in [2.45, 2.75) is 52.0 Å². The highest BCUT2D eigenvalue weighted by atomic mass is 16.7. The van der Waals surface area contributed by atoms with Gasteiger partial charge in [0.05, 0.1) is 0 Å². The molecule has 0 aliphatic rings. The molecular formula is C26H31N3O4. The normalized spacial score (nSPS) is 12.4. The van der Waals surface area contributed by atoms with Crippen molar-refractivity contribution in [3.63, 3.8) is 0 Å². The zero-order valence-electron chi connectivity index (χ0n) is 19.3. The highest BCUT2D eigenvalue weighted by Crippen LogP contribution is 2.20. The molecule has 33 heavy (non-hydrogen) atoms. The summed E-state index contributed by atoms with van der Waals surface area (Å²) in [5.74, 6) is -0.688. The van der Waals surface area contributed by atoms with Crippen LogP contribution in [0.4, 0.5) is 4.79 Å². The summed E-state index contributed by atoms with van der Waals surface area (Å²) in [6, 6.07) is 20.2. The van der Waals surface area contributed by atoms with Crippen molar-refractivity contribution < 1.29 is 19.2 Å². The van der Waals surface area contributed by atoms with E-state index in [1.54, 1.807) is 20.8 Å². The molecule has 0 aromatic heterocycles. The first kappa shape index (κ1) is 24.2. The number of rotatable bonds is 8. The maximum absolute atomic E-state index is 13.0. The Balaban J connectivity index is 1.85. The van der Waals surface area contributed by atoms with E-state index >= 15 is 0 Å². The van der Waals surface area contributed by atoms with Crippen molar-refractivity contribution in [2.24, 2.45) is 11.5 Å². The van der Waals surface area contributed by atoms with Crippen LogP contribution in [0.15, 0.2) is 66.7 Å². The Bertz CT molecular complexity index is 1110. The van der Waals surface area contributed by atoms with E-state index in [9.17, 15) is 9.59 Å². The molecule has 0 radical (unpaired) electrons. The van der Waals surface area contributed by atoms with Crippen molar-refractivity contribution in [3.05, 3.63) is 83.4 Å². The van der Waals surface area contributed by atoms with Gasteiger partial charge in [0.1, 0.15) is 18.2 Å². The first-order valence-corrected chi connectivity index (χ1v) is 10.9. The van der Waals surface area contributed by atoms with Crippen LogP contribution in [0, 0.1) is 0 Å². The molecular weight excluding hydrogens is 418 g/mol. The van der Waals surface area contributed by atoms with Gasteiger partial charge >= 0.3 is 6.09 Å². The molecule has 3 aromatic carbocycles. The van der Waals surface area contributed by atoms with E-state index in [0.717, 1.165) is 32.5 Å². The predicted octanol–water partition coefficient (Wildman–Crippen LogP) is 4.06. The van der Waals surface area contributed by atoms with Gasteiger partial charge in [0.2, 0.25) is 5.91 Å². The quantitative estimate of drug-likeness (QED) is 0.504. The summed E-state index contributed by atoms with van der Waals surface area (Å²) >= 11 is 0. The van der Waals surface area contributed by atoms with Gasteiger partial charge in [-0.05, 0) is 48.2 Å². The Morgan fingerprint density at radius 1 is 0.909 bits per heavy atom. The van der Waals surface area contributed by atoms with Crippen molar-refractivity contribution in [1.29, 1.82) is 0 Å². The van der Waals surface area contributed by atoms with Gasteiger partial charge in [-0.3, -0.25) is 9.63 Å². The molecule has 0 fully saturated rings. The maximum Gasteiger partial charge on any atom is 0.435 e. The number of fused-ring (bicyclic) bond motifs is 1. The number of nitrogens with zero attached hydrogens (tertiary/aromatic N) is 1. The minimum atomic E-state index is -1.05. The lowest BCUT2D eigenvalue weighted by Crippen LogP contribution is -2.50. The number of benzene rings is 3. The number of carbonyl (C=O) groups is 2. The Kier molecular flexibility index (Phi) is 7.68. The van der Waals surface area contributed by atoms with E-state index in [2.05, 4.69) is 0 Å². The first-order valence-electron chi connectivity index (χ1n) is 10.9. The van der Waals surface area contributed by atoms with Crippen LogP contribution < -0.4 is 11.5 Å². The number of primary amides is 1. The lowest BCUT2D eigenvalue weighted by molar-refractivity contribution is -0.183. The third kappa shape index (κ3) is 6.78. The third-order valence-electron chi connectivity index (χ3n) is 5.06. The summed E-state index contributed by atoms with van der Waals surface area (Å²) < 4.78 is 5.50. The lowest BCUT2D eigenvalue weighted by atomic mass is 10.0. The second-order valence-electron chi connectivity index (χ2n) is 8.90. The minimum Gasteiger partial charge on any atom is -0.442 e. The summed E-state index contributed by atoms with van der Waals surface area (Å²) in [4.78, 5) is 31.3. The molecule has 7 heteroatoms. The molecule has 0 saturated heterocycles. The Morgan fingerprint density at radius 3 is 2.12 bits per heavy atom. The Labute approximate surface area is 194 Å². The van der Waals surface area contributed by atoms with E-state index in [1.807, 2.05) is 66.7 Å². The number of hydroxylamine groups is 2. The number of carbonyl (C=O) groups excluding carboxylic acids is 2. The Morgan fingerprint density at radius 2 is 1.52 bits per heavy atom. The van der Waals surface area contributed by atoms with Crippen molar-refractivity contribution in [1.82, 2.24) is 5.06 Å². The van der Waals surface area contributed by atoms with Gasteiger partial charge in [0, 0.05) is 13.0 Å². The van der Waals surface area contributed by atoms with Gasteiger partial charge in [0.25, 0.3) is 0 Å². The van der Waals surface area contributed by atoms with Gasteiger partial charge in [0.15, 0.2) is 0 Å². The SMILES string of the molecule is CC(C)(C)OC(=O)N(OCc1ccc(CN)cc1)C(Cc1ccc2ccccc2c1)C(N)=O. The summed E-state index contributed by atoms with van der Waals surface area (Å²) in [6.45, 7) is 5.73. The molecule has 1 unspecified atom stereocenters. The highest BCUT2D eigenvalue weighted by Gasteiger charge is 2.33. The van der Waals surface area contributed by atoms with Crippen molar-refractivity contribution in [3.8, 4) is 0 Å². The molecule has 2 amide bonds. The molecule has 174 valence electrons. The van der Waals surface area contributed by atoms with Crippen LogP contribution in [0.3, 0.4) is 0 Å². The minimum absolute atomic E-state index is 0.0611. The fourth-order valence-corrected chi connectivity index (χ4v) is 3.38. The van der Waals surface area contributed by atoms with Gasteiger partial charge < -0.3 is 16.2 Å². The second-order valence-corrected chi connectivity index (χ2v) is 8.90. The van der Waals surface area contributed by atoms with Crippen molar-refractivity contribution >= 4 is 22.8 Å². The van der Waals surface area contributed by atoms with Gasteiger partial charge in [-0.1, -0.05) is 66.7 Å². The zero-order valence-corrected chi connectivity index (χ0v) is 19.3. The smallest absolute Gasteiger partial charge is 0.435 e. The lowest BCUT2D eigenvalue weighted by Gasteiger charge is -2.31. The molecule has 4 N–H and O–H groups in total. The average molecular weight is 450 g/mol. The van der Waals surface area contributed by atoms with E-state index in [4.69, 9.17) is 21.0 Å². The number of hydrogen-bond donors (Lipinski definition) is 2. The zero-order chi connectivity index (χ0) is 24.0. The largest absolute Gasteiger partial charge is 0.442 e. The third-order valence-corrected chi connectivity index (χ3v) is 5.06. The predicted molar refractivity (Wildman–Crippen MR) is 128 cm³/mol. The highest BCUT2D eigenvalue weighted by molar-refractivity contribution is 5.85. The monoisotopic (exact) mass is 449 g/mol. The van der Waals surface area contributed by atoms with E-state index in [1.165, 1.54) is 0 Å². The van der Waals surface area contributed by atoms with Gasteiger partial charge in [-0.2, -0.15) is 5.06 Å². The number of nitrogens with two attached hydrogens (primary N) is 2. The number of hydrogen-bond acceptors (Lipinski definition) is 5. The van der Waals surface area contributed by atoms with Gasteiger partial charge in [-0.15, -0.1) is 0 Å². The van der Waals surface area contributed by atoms with E-state index in [0.29, 0.717) is 6.54 Å². The fourth-order valence-electron chi connectivity index (χ4n) is 3.38. The average Bonchev–Trinajstić information content (AvgIpc) is 2.77. The number of ether oxygens (including phenoxy) is 1. The molecule has 0 aliphatic carbocycles. The Hall–Kier alpha value is -3.42. The first-order chi connectivity index (χ1) is 15.7. The maximum atomic E-state index is 13.0.